The first-order valence-corrected chi connectivity index (χ1v) is 11.4. The van der Waals surface area contributed by atoms with Gasteiger partial charge in [0.1, 0.15) is 23.0 Å². The number of nitrogens with one attached hydrogen (secondary N) is 1. The fraction of sp³-hybridized carbons (Fsp3) is 0.391. The number of ether oxygens (including phenoxy) is 1. The standard InChI is InChI=1S/C23H22F3N7O3/c1-13-5-6-19-30-31-20(33(13)19)16-3-2-4-18(28-16)29-21(34)17-9-15-11-32(8-7-14(15)10-27-17)22(35)36-12-23(24,25)26/h2-4,9-10,13H,5-8,11-12H2,1H3,(H,28,29,34). The van der Waals surface area contributed by atoms with Gasteiger partial charge in [0.2, 0.25) is 0 Å². The number of rotatable bonds is 4. The van der Waals surface area contributed by atoms with Gasteiger partial charge in [-0.15, -0.1) is 10.2 Å². The Kier molecular flexibility index (Phi) is 6.06. The Hall–Kier alpha value is -4.03. The van der Waals surface area contributed by atoms with Crippen LogP contribution in [0.15, 0.2) is 30.5 Å². The number of hydrogen-bond acceptors (Lipinski definition) is 7. The molecule has 0 saturated heterocycles. The minimum absolute atomic E-state index is 0.0126. The van der Waals surface area contributed by atoms with Gasteiger partial charge in [-0.1, -0.05) is 6.07 Å². The Morgan fingerprint density at radius 2 is 2.03 bits per heavy atom. The normalized spacial score (nSPS) is 16.9. The summed E-state index contributed by atoms with van der Waals surface area (Å²) >= 11 is 0. The largest absolute Gasteiger partial charge is 0.440 e. The van der Waals surface area contributed by atoms with E-state index in [0.717, 1.165) is 24.2 Å². The van der Waals surface area contributed by atoms with Crippen molar-refractivity contribution in [1.29, 1.82) is 0 Å². The second-order valence-electron chi connectivity index (χ2n) is 8.74. The van der Waals surface area contributed by atoms with Gasteiger partial charge in [0.05, 0.1) is 0 Å². The van der Waals surface area contributed by atoms with E-state index in [0.29, 0.717) is 29.3 Å². The van der Waals surface area contributed by atoms with E-state index in [-0.39, 0.29) is 24.8 Å². The third-order valence-electron chi connectivity index (χ3n) is 6.16. The van der Waals surface area contributed by atoms with Crippen molar-refractivity contribution in [3.8, 4) is 11.5 Å². The molecule has 0 fully saturated rings. The highest BCUT2D eigenvalue weighted by atomic mass is 19.4. The Labute approximate surface area is 203 Å². The molecule has 0 bridgehead atoms. The SMILES string of the molecule is CC1CCc2nnc(-c3cccc(NC(=O)c4cc5c(cn4)CCN(C(=O)OCC(F)(F)F)C5)n3)n21. The van der Waals surface area contributed by atoms with Gasteiger partial charge in [0.15, 0.2) is 12.4 Å². The first-order chi connectivity index (χ1) is 17.2. The molecule has 0 aliphatic carbocycles. The number of carbonyl (C=O) groups excluding carboxylic acids is 2. The zero-order valence-electron chi connectivity index (χ0n) is 19.2. The summed E-state index contributed by atoms with van der Waals surface area (Å²) in [5.41, 5.74) is 2.08. The van der Waals surface area contributed by atoms with Crippen molar-refractivity contribution in [3.63, 3.8) is 0 Å². The number of fused-ring (bicyclic) bond motifs is 2. The summed E-state index contributed by atoms with van der Waals surface area (Å²) in [4.78, 5) is 34.8. The van der Waals surface area contributed by atoms with Gasteiger partial charge in [0, 0.05) is 31.7 Å². The van der Waals surface area contributed by atoms with E-state index >= 15 is 0 Å². The highest BCUT2D eigenvalue weighted by molar-refractivity contribution is 6.02. The van der Waals surface area contributed by atoms with Crippen molar-refractivity contribution >= 4 is 17.8 Å². The predicted octanol–water partition coefficient (Wildman–Crippen LogP) is 3.55. The van der Waals surface area contributed by atoms with Gasteiger partial charge in [-0.05, 0) is 49.1 Å². The summed E-state index contributed by atoms with van der Waals surface area (Å²) in [6.45, 7) is 0.646. The smallest absolute Gasteiger partial charge is 0.422 e. The van der Waals surface area contributed by atoms with Crippen molar-refractivity contribution < 1.29 is 27.5 Å². The topological polar surface area (TPSA) is 115 Å². The molecule has 13 heteroatoms. The van der Waals surface area contributed by atoms with Crippen molar-refractivity contribution in [1.82, 2.24) is 29.6 Å². The fourth-order valence-electron chi connectivity index (χ4n) is 4.36. The molecule has 0 aromatic carbocycles. The molecule has 10 nitrogen and oxygen atoms in total. The molecular formula is C23H22F3N7O3. The van der Waals surface area contributed by atoms with Crippen LogP contribution in [-0.2, 0) is 24.1 Å². The number of alkyl halides is 3. The van der Waals surface area contributed by atoms with E-state index in [4.69, 9.17) is 0 Å². The molecule has 2 aliphatic rings. The van der Waals surface area contributed by atoms with Crippen LogP contribution in [0.3, 0.4) is 0 Å². The molecule has 1 unspecified atom stereocenters. The zero-order chi connectivity index (χ0) is 25.4. The van der Waals surface area contributed by atoms with E-state index in [1.807, 2.05) is 4.57 Å². The number of halogens is 3. The molecule has 1 atom stereocenters. The van der Waals surface area contributed by atoms with Crippen LogP contribution in [0.2, 0.25) is 0 Å². The van der Waals surface area contributed by atoms with Crippen LogP contribution in [0.25, 0.3) is 11.5 Å². The number of anilines is 1. The van der Waals surface area contributed by atoms with Crippen LogP contribution >= 0.6 is 0 Å². The maximum Gasteiger partial charge on any atom is 0.422 e. The van der Waals surface area contributed by atoms with Crippen LogP contribution in [0.1, 0.15) is 46.8 Å². The Morgan fingerprint density at radius 1 is 1.19 bits per heavy atom. The van der Waals surface area contributed by atoms with Crippen LogP contribution < -0.4 is 5.32 Å². The van der Waals surface area contributed by atoms with E-state index < -0.39 is 24.8 Å². The lowest BCUT2D eigenvalue weighted by atomic mass is 10.0. The first-order valence-electron chi connectivity index (χ1n) is 11.4. The minimum atomic E-state index is -4.60. The lowest BCUT2D eigenvalue weighted by molar-refractivity contribution is -0.162. The van der Waals surface area contributed by atoms with Crippen molar-refractivity contribution in [2.75, 3.05) is 18.5 Å². The lowest BCUT2D eigenvalue weighted by Gasteiger charge is -2.28. The van der Waals surface area contributed by atoms with Gasteiger partial charge in [-0.2, -0.15) is 13.2 Å². The van der Waals surface area contributed by atoms with Gasteiger partial charge in [-0.25, -0.2) is 9.78 Å². The maximum absolute atomic E-state index is 12.9. The van der Waals surface area contributed by atoms with Crippen LogP contribution in [-0.4, -0.2) is 61.0 Å². The molecule has 5 rings (SSSR count). The Bertz CT molecular complexity index is 1320. The number of hydrogen-bond donors (Lipinski definition) is 1. The number of nitrogens with zero attached hydrogens (tertiary/aromatic N) is 6. The van der Waals surface area contributed by atoms with E-state index in [2.05, 4.69) is 37.1 Å². The van der Waals surface area contributed by atoms with Crippen molar-refractivity contribution in [2.45, 2.75) is 44.9 Å². The molecule has 36 heavy (non-hydrogen) atoms. The molecule has 3 aromatic heterocycles. The number of carbonyl (C=O) groups is 2. The summed E-state index contributed by atoms with van der Waals surface area (Å²) in [5.74, 6) is 1.33. The minimum Gasteiger partial charge on any atom is -0.440 e. The zero-order valence-corrected chi connectivity index (χ0v) is 19.2. The average Bonchev–Trinajstić information content (AvgIpc) is 3.44. The van der Waals surface area contributed by atoms with Crippen LogP contribution in [0, 0.1) is 0 Å². The Morgan fingerprint density at radius 3 is 2.83 bits per heavy atom. The maximum atomic E-state index is 12.9. The number of aromatic nitrogens is 5. The van der Waals surface area contributed by atoms with Crippen LogP contribution in [0.5, 0.6) is 0 Å². The highest BCUT2D eigenvalue weighted by Gasteiger charge is 2.32. The van der Waals surface area contributed by atoms with Crippen molar-refractivity contribution in [2.24, 2.45) is 0 Å². The van der Waals surface area contributed by atoms with E-state index in [9.17, 15) is 22.8 Å². The quantitative estimate of drug-likeness (QED) is 0.581. The number of aryl methyl sites for hydroxylation is 1. The molecular weight excluding hydrogens is 479 g/mol. The predicted molar refractivity (Wildman–Crippen MR) is 120 cm³/mol. The first kappa shape index (κ1) is 23.7. The molecule has 2 aliphatic heterocycles. The van der Waals surface area contributed by atoms with Gasteiger partial charge in [0.25, 0.3) is 5.91 Å². The highest BCUT2D eigenvalue weighted by Crippen LogP contribution is 2.30. The number of pyridine rings is 2. The van der Waals surface area contributed by atoms with Gasteiger partial charge < -0.3 is 19.5 Å². The van der Waals surface area contributed by atoms with Crippen LogP contribution in [0.4, 0.5) is 23.8 Å². The van der Waals surface area contributed by atoms with Crippen molar-refractivity contribution in [3.05, 3.63) is 53.1 Å². The van der Waals surface area contributed by atoms with E-state index in [1.54, 1.807) is 18.2 Å². The molecule has 2 amide bonds. The van der Waals surface area contributed by atoms with Gasteiger partial charge >= 0.3 is 12.3 Å². The summed E-state index contributed by atoms with van der Waals surface area (Å²) in [5, 5.41) is 11.2. The number of amides is 2. The molecule has 0 radical (unpaired) electrons. The van der Waals surface area contributed by atoms with E-state index in [1.165, 1.54) is 17.2 Å². The average molecular weight is 501 g/mol. The lowest BCUT2D eigenvalue weighted by Crippen LogP contribution is -2.38. The van der Waals surface area contributed by atoms with Gasteiger partial charge in [-0.3, -0.25) is 9.78 Å². The summed E-state index contributed by atoms with van der Waals surface area (Å²) in [7, 11) is 0. The summed E-state index contributed by atoms with van der Waals surface area (Å²) in [6.07, 6.45) is -1.90. The third kappa shape index (κ3) is 4.86. The second-order valence-corrected chi connectivity index (χ2v) is 8.74. The second kappa shape index (κ2) is 9.21. The molecule has 1 N–H and O–H groups in total. The summed E-state index contributed by atoms with van der Waals surface area (Å²) < 4.78 is 43.5. The Balaban J connectivity index is 1.29. The monoisotopic (exact) mass is 501 g/mol. The molecule has 0 spiro atoms. The molecule has 188 valence electrons. The molecule has 0 saturated carbocycles. The molecule has 5 heterocycles. The third-order valence-corrected chi connectivity index (χ3v) is 6.16. The summed E-state index contributed by atoms with van der Waals surface area (Å²) in [6, 6.07) is 6.97. The molecule has 3 aromatic rings. The fourth-order valence-corrected chi connectivity index (χ4v) is 4.36.